The third kappa shape index (κ3) is 14.9. The normalized spacial score (nSPS) is 11.4. The predicted octanol–water partition coefficient (Wildman–Crippen LogP) is 2.81. The van der Waals surface area contributed by atoms with E-state index >= 15 is 0 Å². The van der Waals surface area contributed by atoms with Crippen molar-refractivity contribution in [2.45, 2.75) is 77.3 Å². The number of nitrogens with zero attached hydrogens (tertiary/aromatic N) is 2. The Morgan fingerprint density at radius 2 is 1.16 bits per heavy atom. The number of aliphatic carboxylic acids is 2. The van der Waals surface area contributed by atoms with Crippen molar-refractivity contribution >= 4 is 92.3 Å². The zero-order valence-electron chi connectivity index (χ0n) is 36.5. The number of aryl methyl sites for hydroxylation is 2. The lowest BCUT2D eigenvalue weighted by Gasteiger charge is -2.16. The molecule has 6 aromatic heterocycles. The Morgan fingerprint density at radius 3 is 1.62 bits per heavy atom. The summed E-state index contributed by atoms with van der Waals surface area (Å²) in [5.74, 6) is 7.51. The number of hydrogen-bond acceptors (Lipinski definition) is 16. The number of aromatic nitrogens is 6. The standard InChI is InChI=1S/C24H27N5O6S.C20H19N5O6S/c1-3-34-19(30)12-10-17(23(33)35-4-2)27-22(32)18-11-9-15(36-18)8-6-5-7-14-13-16-20(26-14)28-24(25)29-21(16)31;21-20-24-16-12(17(28)25-20)9-10(22-16)3-1-2-4-11-5-7-14(32-11)18(29)23-13(19(30)31)6-8-15(26)27/h9,11,13,17H,3-5,7,10,12H2,1-2H3,(H,27,32)(H4,25,26,28,29,31);5,7,9,13H,1,3,6,8H2,(H,23,29)(H,26,27)(H,30,31)(H4,21,22,24,25,28)/t17-;13-/m00/s1. The summed E-state index contributed by atoms with van der Waals surface area (Å²) in [5.41, 5.74) is 12.9. The van der Waals surface area contributed by atoms with E-state index in [0.29, 0.717) is 62.4 Å². The number of aromatic amines is 4. The molecule has 2 amide bonds. The first-order chi connectivity index (χ1) is 32.5. The lowest BCUT2D eigenvalue weighted by molar-refractivity contribution is -0.147. The van der Waals surface area contributed by atoms with Gasteiger partial charge in [0.2, 0.25) is 11.9 Å². The first-order valence-electron chi connectivity index (χ1n) is 20.8. The van der Waals surface area contributed by atoms with Crippen molar-refractivity contribution in [3.05, 3.63) is 88.0 Å². The molecule has 22 nitrogen and oxygen atoms in total. The zero-order valence-corrected chi connectivity index (χ0v) is 38.2. The van der Waals surface area contributed by atoms with E-state index in [1.165, 1.54) is 17.4 Å². The molecule has 6 rings (SSSR count). The molecule has 6 aromatic rings. The van der Waals surface area contributed by atoms with Crippen LogP contribution in [-0.2, 0) is 41.5 Å². The molecule has 12 N–H and O–H groups in total. The number of carbonyl (C=O) groups excluding carboxylic acids is 4. The molecule has 2 atom stereocenters. The second-order valence-electron chi connectivity index (χ2n) is 14.4. The van der Waals surface area contributed by atoms with Crippen molar-refractivity contribution in [2.24, 2.45) is 0 Å². The number of carboxylic acid groups (broad SMARTS) is 2. The highest BCUT2D eigenvalue weighted by Crippen LogP contribution is 2.18. The van der Waals surface area contributed by atoms with Crippen LogP contribution in [0.3, 0.4) is 0 Å². The van der Waals surface area contributed by atoms with Crippen molar-refractivity contribution < 1.29 is 48.5 Å². The molecule has 0 unspecified atom stereocenters. The molecule has 0 saturated heterocycles. The number of ether oxygens (including phenoxy) is 2. The quantitative estimate of drug-likeness (QED) is 0.0437. The molecule has 0 aliphatic carbocycles. The number of hydrogen-bond donors (Lipinski definition) is 10. The van der Waals surface area contributed by atoms with Crippen molar-refractivity contribution in [3.63, 3.8) is 0 Å². The summed E-state index contributed by atoms with van der Waals surface area (Å²) in [6.07, 6.45) is 1.59. The minimum Gasteiger partial charge on any atom is -0.481 e. The van der Waals surface area contributed by atoms with Crippen LogP contribution in [0.25, 0.3) is 22.1 Å². The number of carbonyl (C=O) groups is 6. The van der Waals surface area contributed by atoms with Gasteiger partial charge in [-0.05, 0) is 75.9 Å². The SMILES string of the molecule is CCOC(=O)CC[C@H](NC(=O)c1ccc(C#CCCc2cc3c(=O)[nH]c(N)nc3[nH]2)s1)C(=O)OCC.Nc1nc2[nH]c(CCC#Cc3ccc(C(=O)N[C@@H](CCC(=O)O)C(=O)O)s3)cc2c(=O)[nH]1. The summed E-state index contributed by atoms with van der Waals surface area (Å²) in [6.45, 7) is 3.75. The number of nitrogens with two attached hydrogens (primary N) is 2. The van der Waals surface area contributed by atoms with Gasteiger partial charge in [-0.3, -0.25) is 38.7 Å². The number of rotatable bonds is 18. The Kier molecular flexibility index (Phi) is 18.2. The minimum atomic E-state index is -1.30. The Labute approximate surface area is 393 Å². The Balaban J connectivity index is 0.000000256. The third-order valence-electron chi connectivity index (χ3n) is 9.33. The number of thiophene rings is 2. The lowest BCUT2D eigenvalue weighted by atomic mass is 10.1. The Hall–Kier alpha value is -8.22. The predicted molar refractivity (Wildman–Crippen MR) is 251 cm³/mol. The van der Waals surface area contributed by atoms with E-state index in [1.54, 1.807) is 44.2 Å². The van der Waals surface area contributed by atoms with E-state index in [-0.39, 0.29) is 66.8 Å². The maximum absolute atomic E-state index is 12.7. The summed E-state index contributed by atoms with van der Waals surface area (Å²) in [6, 6.07) is 7.68. The molecule has 0 fully saturated rings. The van der Waals surface area contributed by atoms with E-state index in [0.717, 1.165) is 22.7 Å². The van der Waals surface area contributed by atoms with Gasteiger partial charge < -0.3 is 51.8 Å². The van der Waals surface area contributed by atoms with Crippen LogP contribution in [0.15, 0.2) is 46.0 Å². The number of anilines is 2. The molecule has 356 valence electrons. The number of fused-ring (bicyclic) bond motifs is 2. The summed E-state index contributed by atoms with van der Waals surface area (Å²) >= 11 is 2.29. The molecular weight excluding hydrogens is 925 g/mol. The van der Waals surface area contributed by atoms with E-state index < -0.39 is 47.8 Å². The fraction of sp³-hybridized carbons (Fsp3) is 0.318. The monoisotopic (exact) mass is 970 g/mol. The highest BCUT2D eigenvalue weighted by molar-refractivity contribution is 7.14. The third-order valence-corrected chi connectivity index (χ3v) is 11.3. The summed E-state index contributed by atoms with van der Waals surface area (Å²) < 4.78 is 9.90. The fourth-order valence-electron chi connectivity index (χ4n) is 6.17. The zero-order chi connectivity index (χ0) is 49.3. The van der Waals surface area contributed by atoms with Gasteiger partial charge in [0, 0.05) is 37.1 Å². The van der Waals surface area contributed by atoms with Crippen LogP contribution in [0.5, 0.6) is 0 Å². The molecule has 0 bridgehead atoms. The van der Waals surface area contributed by atoms with Crippen LogP contribution in [0.2, 0.25) is 0 Å². The molecule has 0 aliphatic rings. The van der Waals surface area contributed by atoms with Gasteiger partial charge in [0.25, 0.3) is 22.9 Å². The highest BCUT2D eigenvalue weighted by Gasteiger charge is 2.25. The second kappa shape index (κ2) is 24.3. The van der Waals surface area contributed by atoms with Crippen LogP contribution < -0.4 is 33.2 Å². The van der Waals surface area contributed by atoms with Crippen molar-refractivity contribution in [2.75, 3.05) is 24.7 Å². The van der Waals surface area contributed by atoms with Gasteiger partial charge in [-0.2, -0.15) is 9.97 Å². The highest BCUT2D eigenvalue weighted by atomic mass is 32.1. The Morgan fingerprint density at radius 1 is 0.691 bits per heavy atom. The topological polar surface area (TPSA) is 361 Å². The van der Waals surface area contributed by atoms with Gasteiger partial charge in [-0.1, -0.05) is 23.7 Å². The molecule has 0 aromatic carbocycles. The number of nitrogens with one attached hydrogen (secondary N) is 6. The van der Waals surface area contributed by atoms with E-state index in [1.807, 2.05) is 0 Å². The average molecular weight is 971 g/mol. The van der Waals surface area contributed by atoms with E-state index in [4.69, 9.17) is 31.2 Å². The van der Waals surface area contributed by atoms with E-state index in [2.05, 4.69) is 64.2 Å². The second-order valence-corrected chi connectivity index (χ2v) is 16.5. The van der Waals surface area contributed by atoms with Crippen LogP contribution in [0, 0.1) is 23.7 Å². The van der Waals surface area contributed by atoms with Crippen molar-refractivity contribution in [3.8, 4) is 23.7 Å². The van der Waals surface area contributed by atoms with Gasteiger partial charge in [0.15, 0.2) is 0 Å². The van der Waals surface area contributed by atoms with Gasteiger partial charge in [0.05, 0.1) is 43.5 Å². The number of amides is 2. The molecular formula is C44H46N10O12S2. The van der Waals surface area contributed by atoms with Gasteiger partial charge in [-0.15, -0.1) is 22.7 Å². The minimum absolute atomic E-state index is 0.0209. The fourth-order valence-corrected chi connectivity index (χ4v) is 7.74. The Bertz CT molecular complexity index is 3070. The van der Waals surface area contributed by atoms with E-state index in [9.17, 15) is 38.4 Å². The maximum Gasteiger partial charge on any atom is 0.328 e. The van der Waals surface area contributed by atoms with Gasteiger partial charge in [-0.25, -0.2) is 9.59 Å². The molecule has 0 radical (unpaired) electrons. The first-order valence-corrected chi connectivity index (χ1v) is 22.5. The van der Waals surface area contributed by atoms with Crippen LogP contribution in [-0.4, -0.2) is 101 Å². The number of esters is 2. The maximum atomic E-state index is 12.7. The largest absolute Gasteiger partial charge is 0.481 e. The molecule has 6 heterocycles. The summed E-state index contributed by atoms with van der Waals surface area (Å²) in [7, 11) is 0. The first kappa shape index (κ1) is 50.8. The van der Waals surface area contributed by atoms with Gasteiger partial charge in [0.1, 0.15) is 23.4 Å². The van der Waals surface area contributed by atoms with Crippen molar-refractivity contribution in [1.82, 2.24) is 40.5 Å². The lowest BCUT2D eigenvalue weighted by Crippen LogP contribution is -2.42. The molecule has 0 saturated carbocycles. The smallest absolute Gasteiger partial charge is 0.328 e. The average Bonchev–Trinajstić information content (AvgIpc) is 4.11. The molecule has 0 spiro atoms. The van der Waals surface area contributed by atoms with Gasteiger partial charge >= 0.3 is 23.9 Å². The van der Waals surface area contributed by atoms with Crippen molar-refractivity contribution in [1.29, 1.82) is 0 Å². The molecule has 68 heavy (non-hydrogen) atoms. The number of carboxylic acids is 2. The number of nitrogen functional groups attached to an aromatic ring is 2. The number of H-pyrrole nitrogens is 4. The van der Waals surface area contributed by atoms with Crippen LogP contribution >= 0.6 is 22.7 Å². The summed E-state index contributed by atoms with van der Waals surface area (Å²) in [5, 5.41) is 23.6. The molecule has 24 heteroatoms. The summed E-state index contributed by atoms with van der Waals surface area (Å²) in [4.78, 5) is 115. The molecule has 0 aliphatic heterocycles. The van der Waals surface area contributed by atoms with Crippen LogP contribution in [0.4, 0.5) is 11.9 Å². The van der Waals surface area contributed by atoms with Crippen LogP contribution in [0.1, 0.15) is 92.9 Å².